The van der Waals surface area contributed by atoms with Crippen LogP contribution in [0.3, 0.4) is 0 Å². The maximum Gasteiger partial charge on any atom is 0.164 e. The zero-order valence-corrected chi connectivity index (χ0v) is 18.2. The van der Waals surface area contributed by atoms with Crippen molar-refractivity contribution in [1.82, 2.24) is 0 Å². The molecule has 2 aromatic carbocycles. The number of hydrogen-bond acceptors (Lipinski definition) is 6. The summed E-state index contributed by atoms with van der Waals surface area (Å²) in [4.78, 5) is 6.75. The van der Waals surface area contributed by atoms with Gasteiger partial charge in [-0.3, -0.25) is 4.99 Å². The van der Waals surface area contributed by atoms with E-state index in [0.717, 1.165) is 16.4 Å². The number of thioether (sulfide) groups is 1. The molecule has 0 bridgehead atoms. The molecular formula is C19H18Cl2N2O3S2. The SMILES string of the molecule is COc1ccccc1N1C(SCc2ccc(Cl)cc2Cl)=N[C@@H]2CS(=O)(=O)C[C@@H]21. The van der Waals surface area contributed by atoms with Crippen molar-refractivity contribution in [3.05, 3.63) is 58.1 Å². The van der Waals surface area contributed by atoms with Gasteiger partial charge >= 0.3 is 0 Å². The third-order valence-corrected chi connectivity index (χ3v) is 8.13. The van der Waals surface area contributed by atoms with Crippen LogP contribution in [-0.4, -0.2) is 44.3 Å². The number of rotatable bonds is 4. The van der Waals surface area contributed by atoms with Gasteiger partial charge in [-0.2, -0.15) is 0 Å². The fourth-order valence-corrected chi connectivity index (χ4v) is 7.04. The van der Waals surface area contributed by atoms with Crippen LogP contribution in [0.2, 0.25) is 10.0 Å². The summed E-state index contributed by atoms with van der Waals surface area (Å²) in [6.45, 7) is 0. The highest BCUT2D eigenvalue weighted by molar-refractivity contribution is 8.13. The Hall–Kier alpha value is -1.41. The number of para-hydroxylation sites is 2. The average Bonchev–Trinajstić information content (AvgIpc) is 3.12. The van der Waals surface area contributed by atoms with Crippen molar-refractivity contribution in [3.8, 4) is 5.75 Å². The number of sulfone groups is 1. The Kier molecular flexibility index (Phi) is 5.53. The first-order valence-electron chi connectivity index (χ1n) is 8.65. The van der Waals surface area contributed by atoms with E-state index in [1.54, 1.807) is 19.2 Å². The number of aliphatic imine (C=N–C) groups is 1. The molecule has 0 aliphatic carbocycles. The van der Waals surface area contributed by atoms with Gasteiger partial charge in [0, 0.05) is 15.8 Å². The highest BCUT2D eigenvalue weighted by Crippen LogP contribution is 2.40. The Bertz CT molecular complexity index is 1040. The van der Waals surface area contributed by atoms with E-state index < -0.39 is 9.84 Å². The van der Waals surface area contributed by atoms with E-state index in [4.69, 9.17) is 32.9 Å². The van der Waals surface area contributed by atoms with Crippen LogP contribution in [0.4, 0.5) is 5.69 Å². The molecule has 2 aliphatic heterocycles. The van der Waals surface area contributed by atoms with Crippen LogP contribution < -0.4 is 9.64 Å². The van der Waals surface area contributed by atoms with Gasteiger partial charge in [0.2, 0.25) is 0 Å². The Balaban J connectivity index is 1.66. The standard InChI is InChI=1S/C19H18Cl2N2O3S2/c1-26-18-5-3-2-4-16(18)23-17-11-28(24,25)10-15(17)22-19(23)27-9-12-6-7-13(20)8-14(12)21/h2-8,15,17H,9-11H2,1H3/t15-,17+/m1/s1. The summed E-state index contributed by atoms with van der Waals surface area (Å²) < 4.78 is 29.9. The second-order valence-electron chi connectivity index (χ2n) is 6.69. The molecule has 0 saturated carbocycles. The number of anilines is 1. The summed E-state index contributed by atoms with van der Waals surface area (Å²) in [5.41, 5.74) is 1.77. The number of amidine groups is 1. The van der Waals surface area contributed by atoms with Crippen molar-refractivity contribution in [1.29, 1.82) is 0 Å². The van der Waals surface area contributed by atoms with Gasteiger partial charge < -0.3 is 9.64 Å². The molecule has 2 aromatic rings. The molecule has 0 unspecified atom stereocenters. The first kappa shape index (κ1) is 19.9. The molecule has 5 nitrogen and oxygen atoms in total. The van der Waals surface area contributed by atoms with Gasteiger partial charge in [-0.05, 0) is 29.8 Å². The van der Waals surface area contributed by atoms with Gasteiger partial charge in [0.1, 0.15) is 5.75 Å². The van der Waals surface area contributed by atoms with Gasteiger partial charge in [0.05, 0.1) is 36.4 Å². The minimum atomic E-state index is -3.10. The lowest BCUT2D eigenvalue weighted by molar-refractivity contribution is 0.415. The van der Waals surface area contributed by atoms with Gasteiger partial charge in [0.25, 0.3) is 0 Å². The van der Waals surface area contributed by atoms with Crippen LogP contribution in [0.15, 0.2) is 47.5 Å². The van der Waals surface area contributed by atoms with Crippen molar-refractivity contribution in [2.75, 3.05) is 23.5 Å². The van der Waals surface area contributed by atoms with Crippen LogP contribution in [0.5, 0.6) is 5.75 Å². The number of ether oxygens (including phenoxy) is 1. The number of hydrogen-bond donors (Lipinski definition) is 0. The van der Waals surface area contributed by atoms with Crippen molar-refractivity contribution in [2.24, 2.45) is 4.99 Å². The van der Waals surface area contributed by atoms with Gasteiger partial charge in [-0.15, -0.1) is 0 Å². The Morgan fingerprint density at radius 2 is 2.00 bits per heavy atom. The lowest BCUT2D eigenvalue weighted by Crippen LogP contribution is -2.39. The average molecular weight is 457 g/mol. The quantitative estimate of drug-likeness (QED) is 0.686. The van der Waals surface area contributed by atoms with Crippen LogP contribution in [0.1, 0.15) is 5.56 Å². The maximum atomic E-state index is 12.2. The second-order valence-corrected chi connectivity index (χ2v) is 10.6. The van der Waals surface area contributed by atoms with Crippen molar-refractivity contribution in [2.45, 2.75) is 17.8 Å². The van der Waals surface area contributed by atoms with E-state index in [0.29, 0.717) is 21.5 Å². The summed E-state index contributed by atoms with van der Waals surface area (Å²) in [5, 5.41) is 1.97. The van der Waals surface area contributed by atoms with Crippen LogP contribution in [-0.2, 0) is 15.6 Å². The summed E-state index contributed by atoms with van der Waals surface area (Å²) in [6, 6.07) is 12.5. The fourth-order valence-electron chi connectivity index (χ4n) is 3.52. The number of fused-ring (bicyclic) bond motifs is 1. The van der Waals surface area contributed by atoms with E-state index in [1.165, 1.54) is 11.8 Å². The highest BCUT2D eigenvalue weighted by atomic mass is 35.5. The fraction of sp³-hybridized carbons (Fsp3) is 0.316. The third kappa shape index (κ3) is 3.85. The molecule has 4 rings (SSSR count). The van der Waals surface area contributed by atoms with Gasteiger partial charge in [-0.25, -0.2) is 8.42 Å². The molecule has 2 heterocycles. The molecule has 28 heavy (non-hydrogen) atoms. The summed E-state index contributed by atoms with van der Waals surface area (Å²) in [6.07, 6.45) is 0. The normalized spacial score (nSPS) is 22.8. The van der Waals surface area contributed by atoms with E-state index >= 15 is 0 Å². The zero-order valence-electron chi connectivity index (χ0n) is 15.0. The van der Waals surface area contributed by atoms with E-state index in [-0.39, 0.29) is 23.6 Å². The number of methoxy groups -OCH3 is 1. The Morgan fingerprint density at radius 3 is 2.75 bits per heavy atom. The molecule has 1 saturated heterocycles. The Morgan fingerprint density at radius 1 is 1.21 bits per heavy atom. The highest BCUT2D eigenvalue weighted by Gasteiger charge is 2.47. The minimum Gasteiger partial charge on any atom is -0.495 e. The minimum absolute atomic E-state index is 0.0784. The molecular weight excluding hydrogens is 439 g/mol. The zero-order chi connectivity index (χ0) is 19.9. The molecule has 2 atom stereocenters. The molecule has 0 amide bonds. The van der Waals surface area contributed by atoms with Crippen molar-refractivity contribution >= 4 is 55.7 Å². The number of benzene rings is 2. The largest absolute Gasteiger partial charge is 0.495 e. The van der Waals surface area contributed by atoms with Crippen LogP contribution >= 0.6 is 35.0 Å². The number of halogens is 2. The second kappa shape index (κ2) is 7.78. The molecule has 0 aromatic heterocycles. The molecule has 0 N–H and O–H groups in total. The molecule has 9 heteroatoms. The number of nitrogens with zero attached hydrogens (tertiary/aromatic N) is 2. The summed E-state index contributed by atoms with van der Waals surface area (Å²) in [7, 11) is -1.50. The molecule has 148 valence electrons. The van der Waals surface area contributed by atoms with Gasteiger partial charge in [0.15, 0.2) is 15.0 Å². The van der Waals surface area contributed by atoms with E-state index in [2.05, 4.69) is 0 Å². The smallest absolute Gasteiger partial charge is 0.164 e. The first-order valence-corrected chi connectivity index (χ1v) is 12.2. The predicted molar refractivity (Wildman–Crippen MR) is 117 cm³/mol. The molecule has 0 spiro atoms. The first-order chi connectivity index (χ1) is 13.4. The lowest BCUT2D eigenvalue weighted by atomic mass is 10.1. The third-order valence-electron chi connectivity index (χ3n) is 4.82. The van der Waals surface area contributed by atoms with Crippen LogP contribution in [0, 0.1) is 0 Å². The lowest BCUT2D eigenvalue weighted by Gasteiger charge is -2.28. The predicted octanol–water partition coefficient (Wildman–Crippen LogP) is 4.28. The maximum absolute atomic E-state index is 12.2. The van der Waals surface area contributed by atoms with E-state index in [1.807, 2.05) is 35.2 Å². The van der Waals surface area contributed by atoms with Crippen molar-refractivity contribution < 1.29 is 13.2 Å². The summed E-state index contributed by atoms with van der Waals surface area (Å²) >= 11 is 13.8. The van der Waals surface area contributed by atoms with Gasteiger partial charge in [-0.1, -0.05) is 53.2 Å². The Labute approximate surface area is 178 Å². The molecule has 2 aliphatic rings. The molecule has 1 fully saturated rings. The summed E-state index contributed by atoms with van der Waals surface area (Å²) in [5.74, 6) is 1.46. The topological polar surface area (TPSA) is 59.0 Å². The van der Waals surface area contributed by atoms with Crippen LogP contribution in [0.25, 0.3) is 0 Å². The van der Waals surface area contributed by atoms with E-state index in [9.17, 15) is 8.42 Å². The van der Waals surface area contributed by atoms with Crippen molar-refractivity contribution in [3.63, 3.8) is 0 Å². The molecule has 0 radical (unpaired) electrons. The monoisotopic (exact) mass is 456 g/mol.